The quantitative estimate of drug-likeness (QED) is 0.815. The Bertz CT molecular complexity index is 424. The van der Waals surface area contributed by atoms with Crippen LogP contribution in [-0.4, -0.2) is 4.98 Å². The first kappa shape index (κ1) is 13.2. The number of aryl methyl sites for hydroxylation is 1. The van der Waals surface area contributed by atoms with Crippen molar-refractivity contribution in [2.45, 2.75) is 27.2 Å². The van der Waals surface area contributed by atoms with Gasteiger partial charge in [-0.15, -0.1) is 0 Å². The molecule has 2 aromatic rings. The summed E-state index contributed by atoms with van der Waals surface area (Å²) in [6, 6.07) is 12.2. The summed E-state index contributed by atoms with van der Waals surface area (Å²) in [5.74, 6) is 0. The van der Waals surface area contributed by atoms with Gasteiger partial charge >= 0.3 is 0 Å². The highest BCUT2D eigenvalue weighted by molar-refractivity contribution is 5.58. The molecule has 90 valence electrons. The van der Waals surface area contributed by atoms with Crippen LogP contribution in [0.4, 0.5) is 11.4 Å². The second-order valence-corrected chi connectivity index (χ2v) is 3.94. The molecule has 0 radical (unpaired) electrons. The molecule has 2 heteroatoms. The minimum Gasteiger partial charge on any atom is -0.354 e. The van der Waals surface area contributed by atoms with Crippen LogP contribution in [0.2, 0.25) is 0 Å². The van der Waals surface area contributed by atoms with Gasteiger partial charge in [-0.25, -0.2) is 0 Å². The monoisotopic (exact) mass is 228 g/mol. The van der Waals surface area contributed by atoms with Gasteiger partial charge < -0.3 is 5.32 Å². The summed E-state index contributed by atoms with van der Waals surface area (Å²) in [5, 5.41) is 3.28. The van der Waals surface area contributed by atoms with Crippen LogP contribution in [0.1, 0.15) is 25.8 Å². The van der Waals surface area contributed by atoms with Gasteiger partial charge in [0.2, 0.25) is 0 Å². The van der Waals surface area contributed by atoms with Crippen molar-refractivity contribution in [2.75, 3.05) is 5.32 Å². The first-order valence-corrected chi connectivity index (χ1v) is 6.00. The van der Waals surface area contributed by atoms with Gasteiger partial charge in [0.1, 0.15) is 0 Å². The molecule has 1 aromatic heterocycles. The van der Waals surface area contributed by atoms with Gasteiger partial charge in [0, 0.05) is 11.9 Å². The first-order chi connectivity index (χ1) is 8.26. The molecule has 0 atom stereocenters. The molecular formula is C15H20N2. The van der Waals surface area contributed by atoms with Crippen LogP contribution < -0.4 is 5.32 Å². The van der Waals surface area contributed by atoms with E-state index in [1.165, 1.54) is 12.0 Å². The summed E-state index contributed by atoms with van der Waals surface area (Å²) in [4.78, 5) is 4.04. The van der Waals surface area contributed by atoms with E-state index in [4.69, 9.17) is 0 Å². The van der Waals surface area contributed by atoms with Crippen LogP contribution in [0.15, 0.2) is 48.8 Å². The maximum Gasteiger partial charge on any atom is 0.0570 e. The molecule has 2 rings (SSSR count). The maximum atomic E-state index is 4.04. The SMILES string of the molecule is CCC.Cc1cccc(Nc2cccnc2)c1. The summed E-state index contributed by atoms with van der Waals surface area (Å²) < 4.78 is 0. The molecule has 0 amide bonds. The molecule has 17 heavy (non-hydrogen) atoms. The number of anilines is 2. The summed E-state index contributed by atoms with van der Waals surface area (Å²) in [5.41, 5.74) is 3.36. The van der Waals surface area contributed by atoms with Crippen molar-refractivity contribution in [3.8, 4) is 0 Å². The van der Waals surface area contributed by atoms with Crippen molar-refractivity contribution in [1.29, 1.82) is 0 Å². The fourth-order valence-corrected chi connectivity index (χ4v) is 1.33. The lowest BCUT2D eigenvalue weighted by Gasteiger charge is -2.05. The zero-order valence-corrected chi connectivity index (χ0v) is 10.8. The van der Waals surface area contributed by atoms with E-state index in [2.05, 4.69) is 43.2 Å². The number of pyridine rings is 1. The minimum absolute atomic E-state index is 1.01. The highest BCUT2D eigenvalue weighted by Gasteiger charge is 1.93. The van der Waals surface area contributed by atoms with Crippen LogP contribution in [-0.2, 0) is 0 Å². The Labute approximate surface area is 104 Å². The number of nitrogens with zero attached hydrogens (tertiary/aromatic N) is 1. The van der Waals surface area contributed by atoms with Gasteiger partial charge in [-0.2, -0.15) is 0 Å². The molecule has 0 fully saturated rings. The Morgan fingerprint density at radius 3 is 2.35 bits per heavy atom. The average molecular weight is 228 g/mol. The van der Waals surface area contributed by atoms with Crippen molar-refractivity contribution >= 4 is 11.4 Å². The predicted molar refractivity (Wildman–Crippen MR) is 74.7 cm³/mol. The van der Waals surface area contributed by atoms with E-state index in [1.54, 1.807) is 6.20 Å². The fraction of sp³-hybridized carbons (Fsp3) is 0.267. The molecule has 1 N–H and O–H groups in total. The number of aromatic nitrogens is 1. The first-order valence-electron chi connectivity index (χ1n) is 6.00. The lowest BCUT2D eigenvalue weighted by molar-refractivity contribution is 1.09. The lowest BCUT2D eigenvalue weighted by Crippen LogP contribution is -1.90. The van der Waals surface area contributed by atoms with Gasteiger partial charge in [-0.3, -0.25) is 4.98 Å². The van der Waals surface area contributed by atoms with Gasteiger partial charge in [0.15, 0.2) is 0 Å². The molecule has 0 spiro atoms. The van der Waals surface area contributed by atoms with E-state index in [1.807, 2.05) is 30.5 Å². The number of benzene rings is 1. The van der Waals surface area contributed by atoms with Gasteiger partial charge in [0.25, 0.3) is 0 Å². The number of rotatable bonds is 2. The lowest BCUT2D eigenvalue weighted by atomic mass is 10.2. The molecule has 0 unspecified atom stereocenters. The normalized spacial score (nSPS) is 9.12. The molecule has 0 bridgehead atoms. The average Bonchev–Trinajstić information content (AvgIpc) is 2.31. The summed E-state index contributed by atoms with van der Waals surface area (Å²) in [7, 11) is 0. The minimum atomic E-state index is 1.01. The number of hydrogen-bond acceptors (Lipinski definition) is 2. The van der Waals surface area contributed by atoms with E-state index in [0.29, 0.717) is 0 Å². The maximum absolute atomic E-state index is 4.04. The Morgan fingerprint density at radius 1 is 1.06 bits per heavy atom. The summed E-state index contributed by atoms with van der Waals surface area (Å²) in [6.07, 6.45) is 4.82. The molecule has 1 aromatic carbocycles. The number of nitrogens with one attached hydrogen (secondary N) is 1. The van der Waals surface area contributed by atoms with E-state index >= 15 is 0 Å². The third-order valence-electron chi connectivity index (χ3n) is 1.97. The molecule has 0 aliphatic heterocycles. The van der Waals surface area contributed by atoms with E-state index in [9.17, 15) is 0 Å². The largest absolute Gasteiger partial charge is 0.354 e. The van der Waals surface area contributed by atoms with Crippen molar-refractivity contribution < 1.29 is 0 Å². The second-order valence-electron chi connectivity index (χ2n) is 3.94. The van der Waals surface area contributed by atoms with E-state index in [0.717, 1.165) is 11.4 Å². The Balaban J connectivity index is 0.000000437. The highest BCUT2D eigenvalue weighted by Crippen LogP contribution is 2.15. The topological polar surface area (TPSA) is 24.9 Å². The molecule has 2 nitrogen and oxygen atoms in total. The van der Waals surface area contributed by atoms with E-state index < -0.39 is 0 Å². The van der Waals surface area contributed by atoms with Gasteiger partial charge in [-0.1, -0.05) is 32.4 Å². The Kier molecular flexibility index (Phi) is 5.80. The molecule has 1 heterocycles. The third kappa shape index (κ3) is 5.16. The van der Waals surface area contributed by atoms with Crippen molar-refractivity contribution in [3.05, 3.63) is 54.4 Å². The standard InChI is InChI=1S/C12H12N2.C3H8/c1-10-4-2-5-11(8-10)14-12-6-3-7-13-9-12;1-3-2/h2-9,14H,1H3;3H2,1-2H3. The Morgan fingerprint density at radius 2 is 1.76 bits per heavy atom. The van der Waals surface area contributed by atoms with Crippen LogP contribution >= 0.6 is 0 Å². The second kappa shape index (κ2) is 7.44. The van der Waals surface area contributed by atoms with Gasteiger partial charge in [-0.05, 0) is 36.8 Å². The Hall–Kier alpha value is -1.83. The number of hydrogen-bond donors (Lipinski definition) is 1. The third-order valence-corrected chi connectivity index (χ3v) is 1.97. The smallest absolute Gasteiger partial charge is 0.0570 e. The molecule has 0 aliphatic rings. The van der Waals surface area contributed by atoms with Crippen LogP contribution in [0.25, 0.3) is 0 Å². The van der Waals surface area contributed by atoms with Crippen LogP contribution in [0.5, 0.6) is 0 Å². The molecular weight excluding hydrogens is 208 g/mol. The highest BCUT2D eigenvalue weighted by atomic mass is 14.9. The van der Waals surface area contributed by atoms with Crippen LogP contribution in [0.3, 0.4) is 0 Å². The van der Waals surface area contributed by atoms with Crippen molar-refractivity contribution in [1.82, 2.24) is 4.98 Å². The summed E-state index contributed by atoms with van der Waals surface area (Å²) >= 11 is 0. The van der Waals surface area contributed by atoms with E-state index in [-0.39, 0.29) is 0 Å². The van der Waals surface area contributed by atoms with Gasteiger partial charge in [0.05, 0.1) is 11.9 Å². The van der Waals surface area contributed by atoms with Crippen molar-refractivity contribution in [3.63, 3.8) is 0 Å². The fourth-order valence-electron chi connectivity index (χ4n) is 1.33. The molecule has 0 saturated carbocycles. The van der Waals surface area contributed by atoms with Crippen LogP contribution in [0, 0.1) is 6.92 Å². The zero-order valence-electron chi connectivity index (χ0n) is 10.8. The zero-order chi connectivity index (χ0) is 12.5. The molecule has 0 saturated heterocycles. The van der Waals surface area contributed by atoms with Crippen molar-refractivity contribution in [2.24, 2.45) is 0 Å². The summed E-state index contributed by atoms with van der Waals surface area (Å²) in [6.45, 7) is 6.33. The predicted octanol–water partition coefficient (Wildman–Crippen LogP) is 4.55. The molecule has 0 aliphatic carbocycles.